The van der Waals surface area contributed by atoms with E-state index >= 15 is 0 Å². The average Bonchev–Trinajstić information content (AvgIpc) is 2.76. The van der Waals surface area contributed by atoms with Gasteiger partial charge in [-0.1, -0.05) is 6.92 Å². The predicted octanol–water partition coefficient (Wildman–Crippen LogP) is 1.41. The summed E-state index contributed by atoms with van der Waals surface area (Å²) in [6.45, 7) is 6.14. The van der Waals surface area contributed by atoms with Crippen LogP contribution in [0.1, 0.15) is 23.0 Å². The molecule has 1 saturated heterocycles. The zero-order chi connectivity index (χ0) is 13.5. The summed E-state index contributed by atoms with van der Waals surface area (Å²) in [6.07, 6.45) is 3.67. The molecule has 0 aliphatic carbocycles. The number of pyridine rings is 1. The predicted molar refractivity (Wildman–Crippen MR) is 71.2 cm³/mol. The Hall–Kier alpha value is -1.88. The van der Waals surface area contributed by atoms with Gasteiger partial charge in [-0.25, -0.2) is 4.98 Å². The number of imidazole rings is 1. The van der Waals surface area contributed by atoms with Crippen LogP contribution in [-0.2, 0) is 4.74 Å². The fraction of sp³-hybridized carbons (Fsp3) is 0.429. The van der Waals surface area contributed by atoms with Crippen molar-refractivity contribution in [1.82, 2.24) is 14.7 Å². The van der Waals surface area contributed by atoms with E-state index in [0.717, 1.165) is 11.2 Å². The van der Waals surface area contributed by atoms with Crippen LogP contribution in [0.15, 0.2) is 24.5 Å². The van der Waals surface area contributed by atoms with Gasteiger partial charge < -0.3 is 14.5 Å². The van der Waals surface area contributed by atoms with E-state index in [4.69, 9.17) is 4.74 Å². The fourth-order valence-corrected chi connectivity index (χ4v) is 2.13. The van der Waals surface area contributed by atoms with Crippen molar-refractivity contribution in [1.29, 1.82) is 0 Å². The van der Waals surface area contributed by atoms with Crippen LogP contribution < -0.4 is 5.32 Å². The van der Waals surface area contributed by atoms with E-state index in [1.807, 2.05) is 29.7 Å². The molecule has 2 aromatic heterocycles. The Labute approximate surface area is 111 Å². The second-order valence-electron chi connectivity index (χ2n) is 5.58. The van der Waals surface area contributed by atoms with Gasteiger partial charge in [0.25, 0.3) is 5.91 Å². The van der Waals surface area contributed by atoms with Gasteiger partial charge in [0, 0.05) is 24.4 Å². The van der Waals surface area contributed by atoms with Crippen molar-refractivity contribution in [2.75, 3.05) is 19.8 Å². The Bertz CT molecular complexity index is 629. The number of carbonyl (C=O) groups is 1. The highest BCUT2D eigenvalue weighted by Crippen LogP contribution is 2.25. The number of nitrogens with one attached hydrogen (secondary N) is 1. The molecule has 5 nitrogen and oxygen atoms in total. The number of rotatable bonds is 3. The third-order valence-electron chi connectivity index (χ3n) is 3.43. The first kappa shape index (κ1) is 12.2. The number of nitrogens with zero attached hydrogens (tertiary/aromatic N) is 2. The van der Waals surface area contributed by atoms with Crippen molar-refractivity contribution in [3.05, 3.63) is 35.8 Å². The minimum atomic E-state index is -0.130. The van der Waals surface area contributed by atoms with E-state index in [1.54, 1.807) is 6.20 Å². The zero-order valence-electron chi connectivity index (χ0n) is 11.1. The molecule has 1 aliphatic rings. The smallest absolute Gasteiger partial charge is 0.271 e. The molecule has 0 unspecified atom stereocenters. The van der Waals surface area contributed by atoms with Crippen LogP contribution in [0.3, 0.4) is 0 Å². The molecule has 3 rings (SSSR count). The summed E-state index contributed by atoms with van der Waals surface area (Å²) in [5, 5.41) is 2.92. The molecule has 1 amide bonds. The number of fused-ring (bicyclic) bond motifs is 1. The van der Waals surface area contributed by atoms with Crippen LogP contribution in [0.25, 0.3) is 5.65 Å². The summed E-state index contributed by atoms with van der Waals surface area (Å²) in [4.78, 5) is 16.4. The average molecular weight is 259 g/mol. The standard InChI is InChI=1S/C14H17N3O2/c1-10-3-4-17-6-11(16-12(17)5-10)13(18)15-7-14(2)8-19-9-14/h3-6H,7-9H2,1-2H3,(H,15,18). The van der Waals surface area contributed by atoms with Gasteiger partial charge in [-0.15, -0.1) is 0 Å². The summed E-state index contributed by atoms with van der Waals surface area (Å²) < 4.78 is 7.02. The molecular weight excluding hydrogens is 242 g/mol. The molecule has 0 saturated carbocycles. The Balaban J connectivity index is 1.74. The van der Waals surface area contributed by atoms with Crippen LogP contribution in [0, 0.1) is 12.3 Å². The van der Waals surface area contributed by atoms with E-state index in [0.29, 0.717) is 25.5 Å². The largest absolute Gasteiger partial charge is 0.380 e. The minimum absolute atomic E-state index is 0.0748. The van der Waals surface area contributed by atoms with E-state index < -0.39 is 0 Å². The highest BCUT2D eigenvalue weighted by Gasteiger charge is 2.33. The first-order chi connectivity index (χ1) is 9.06. The zero-order valence-corrected chi connectivity index (χ0v) is 11.1. The quantitative estimate of drug-likeness (QED) is 0.906. The molecular formula is C14H17N3O2. The molecule has 5 heteroatoms. The molecule has 2 aromatic rings. The monoisotopic (exact) mass is 259 g/mol. The lowest BCUT2D eigenvalue weighted by molar-refractivity contribution is -0.0978. The third kappa shape index (κ3) is 2.33. The Kier molecular flexibility index (Phi) is 2.78. The lowest BCUT2D eigenvalue weighted by atomic mass is 9.89. The Morgan fingerprint density at radius 3 is 3.05 bits per heavy atom. The maximum absolute atomic E-state index is 12.1. The number of ether oxygens (including phenoxy) is 1. The summed E-state index contributed by atoms with van der Waals surface area (Å²) in [5.41, 5.74) is 2.45. The van der Waals surface area contributed by atoms with Gasteiger partial charge in [-0.05, 0) is 24.6 Å². The third-order valence-corrected chi connectivity index (χ3v) is 3.43. The summed E-state index contributed by atoms with van der Waals surface area (Å²) in [6, 6.07) is 3.95. The number of amides is 1. The minimum Gasteiger partial charge on any atom is -0.380 e. The van der Waals surface area contributed by atoms with Crippen molar-refractivity contribution in [2.45, 2.75) is 13.8 Å². The van der Waals surface area contributed by atoms with Gasteiger partial charge in [0.05, 0.1) is 13.2 Å². The molecule has 3 heterocycles. The molecule has 1 fully saturated rings. The van der Waals surface area contributed by atoms with E-state index in [2.05, 4.69) is 17.2 Å². The van der Waals surface area contributed by atoms with Gasteiger partial charge in [0.1, 0.15) is 11.3 Å². The van der Waals surface area contributed by atoms with Gasteiger partial charge in [0.15, 0.2) is 0 Å². The second-order valence-corrected chi connectivity index (χ2v) is 5.58. The summed E-state index contributed by atoms with van der Waals surface area (Å²) >= 11 is 0. The molecule has 0 atom stereocenters. The topological polar surface area (TPSA) is 55.6 Å². The van der Waals surface area contributed by atoms with Gasteiger partial charge in [-0.2, -0.15) is 0 Å². The molecule has 0 aromatic carbocycles. The summed E-state index contributed by atoms with van der Waals surface area (Å²) in [5.74, 6) is -0.130. The van der Waals surface area contributed by atoms with Crippen LogP contribution in [-0.4, -0.2) is 35.1 Å². The second kappa shape index (κ2) is 4.35. The number of aromatic nitrogens is 2. The molecule has 19 heavy (non-hydrogen) atoms. The van der Waals surface area contributed by atoms with Crippen molar-refractivity contribution in [3.8, 4) is 0 Å². The maximum Gasteiger partial charge on any atom is 0.271 e. The van der Waals surface area contributed by atoms with Crippen molar-refractivity contribution < 1.29 is 9.53 Å². The van der Waals surface area contributed by atoms with Crippen LogP contribution >= 0.6 is 0 Å². The molecule has 1 aliphatic heterocycles. The van der Waals surface area contributed by atoms with E-state index in [9.17, 15) is 4.79 Å². The summed E-state index contributed by atoms with van der Waals surface area (Å²) in [7, 11) is 0. The first-order valence-corrected chi connectivity index (χ1v) is 6.37. The van der Waals surface area contributed by atoms with E-state index in [1.165, 1.54) is 0 Å². The van der Waals surface area contributed by atoms with Crippen LogP contribution in [0.2, 0.25) is 0 Å². The molecule has 0 bridgehead atoms. The number of carbonyl (C=O) groups excluding carboxylic acids is 1. The number of aryl methyl sites for hydroxylation is 1. The van der Waals surface area contributed by atoms with Gasteiger partial charge >= 0.3 is 0 Å². The lowest BCUT2D eigenvalue weighted by Crippen LogP contribution is -2.48. The normalized spacial score (nSPS) is 17.2. The van der Waals surface area contributed by atoms with Gasteiger partial charge in [0.2, 0.25) is 0 Å². The number of hydrogen-bond acceptors (Lipinski definition) is 3. The van der Waals surface area contributed by atoms with Crippen LogP contribution in [0.5, 0.6) is 0 Å². The Morgan fingerprint density at radius 1 is 1.58 bits per heavy atom. The molecule has 0 radical (unpaired) electrons. The highest BCUT2D eigenvalue weighted by molar-refractivity contribution is 5.92. The molecule has 0 spiro atoms. The fourth-order valence-electron chi connectivity index (χ4n) is 2.13. The first-order valence-electron chi connectivity index (χ1n) is 6.37. The Morgan fingerprint density at radius 2 is 2.37 bits per heavy atom. The maximum atomic E-state index is 12.1. The van der Waals surface area contributed by atoms with Crippen molar-refractivity contribution >= 4 is 11.6 Å². The van der Waals surface area contributed by atoms with Crippen molar-refractivity contribution in [3.63, 3.8) is 0 Å². The SMILES string of the molecule is Cc1ccn2cc(C(=O)NCC3(C)COC3)nc2c1. The number of hydrogen-bond donors (Lipinski definition) is 1. The van der Waals surface area contributed by atoms with Gasteiger partial charge in [-0.3, -0.25) is 4.79 Å². The molecule has 1 N–H and O–H groups in total. The lowest BCUT2D eigenvalue weighted by Gasteiger charge is -2.37. The van der Waals surface area contributed by atoms with E-state index in [-0.39, 0.29) is 11.3 Å². The highest BCUT2D eigenvalue weighted by atomic mass is 16.5. The molecule has 100 valence electrons. The van der Waals surface area contributed by atoms with Crippen LogP contribution in [0.4, 0.5) is 0 Å². The van der Waals surface area contributed by atoms with Crippen molar-refractivity contribution in [2.24, 2.45) is 5.41 Å².